The van der Waals surface area contributed by atoms with E-state index >= 15 is 0 Å². The molecule has 0 aliphatic carbocycles. The summed E-state index contributed by atoms with van der Waals surface area (Å²) in [6, 6.07) is 24.2. The first-order chi connectivity index (χ1) is 13.9. The van der Waals surface area contributed by atoms with Gasteiger partial charge in [0.05, 0.1) is 10.9 Å². The molecular formula is C24H26N2O2S. The van der Waals surface area contributed by atoms with Gasteiger partial charge in [0, 0.05) is 37.1 Å². The molecule has 1 atom stereocenters. The largest absolute Gasteiger partial charge is 0.362 e. The van der Waals surface area contributed by atoms with Gasteiger partial charge in [-0.05, 0) is 41.8 Å². The highest BCUT2D eigenvalue weighted by atomic mass is 32.2. The first-order valence-electron chi connectivity index (χ1n) is 9.87. The summed E-state index contributed by atoms with van der Waals surface area (Å²) in [5.74, 6) is 0. The van der Waals surface area contributed by atoms with E-state index < -0.39 is 9.84 Å². The fourth-order valence-electron chi connectivity index (χ4n) is 4.12. The molecule has 0 saturated carbocycles. The lowest BCUT2D eigenvalue weighted by Crippen LogP contribution is -2.46. The van der Waals surface area contributed by atoms with Crippen molar-refractivity contribution in [3.05, 3.63) is 83.9 Å². The van der Waals surface area contributed by atoms with Crippen LogP contribution in [0.3, 0.4) is 0 Å². The molecule has 1 fully saturated rings. The van der Waals surface area contributed by atoms with Gasteiger partial charge in [-0.2, -0.15) is 0 Å². The molecule has 1 saturated heterocycles. The van der Waals surface area contributed by atoms with Crippen LogP contribution in [0.5, 0.6) is 0 Å². The zero-order chi connectivity index (χ0) is 20.4. The fourth-order valence-corrected chi connectivity index (χ4v) is 5.03. The number of para-hydroxylation sites is 1. The van der Waals surface area contributed by atoms with Crippen molar-refractivity contribution in [1.82, 2.24) is 5.32 Å². The van der Waals surface area contributed by atoms with Crippen LogP contribution in [0.2, 0.25) is 0 Å². The summed E-state index contributed by atoms with van der Waals surface area (Å²) in [7, 11) is -3.30. The monoisotopic (exact) mass is 406 g/mol. The molecule has 0 radical (unpaired) electrons. The lowest BCUT2D eigenvalue weighted by Gasteiger charge is -2.39. The molecule has 1 aliphatic heterocycles. The molecule has 0 amide bonds. The van der Waals surface area contributed by atoms with Crippen molar-refractivity contribution in [1.29, 1.82) is 0 Å². The highest BCUT2D eigenvalue weighted by molar-refractivity contribution is 7.90. The summed E-state index contributed by atoms with van der Waals surface area (Å²) in [6.07, 6.45) is 1.26. The predicted octanol–water partition coefficient (Wildman–Crippen LogP) is 4.22. The van der Waals surface area contributed by atoms with Crippen LogP contribution in [0, 0.1) is 6.92 Å². The maximum atomic E-state index is 12.3. The number of benzene rings is 3. The molecule has 1 unspecified atom stereocenters. The highest BCUT2D eigenvalue weighted by Gasteiger charge is 2.25. The molecule has 4 nitrogen and oxygen atoms in total. The third-order valence-electron chi connectivity index (χ3n) is 5.54. The van der Waals surface area contributed by atoms with Crippen molar-refractivity contribution in [3.8, 4) is 11.1 Å². The Morgan fingerprint density at radius 3 is 2.52 bits per heavy atom. The number of piperazine rings is 1. The molecular weight excluding hydrogens is 380 g/mol. The summed E-state index contributed by atoms with van der Waals surface area (Å²) in [6.45, 7) is 4.87. The van der Waals surface area contributed by atoms with Crippen molar-refractivity contribution < 1.29 is 8.42 Å². The van der Waals surface area contributed by atoms with Gasteiger partial charge >= 0.3 is 0 Å². The van der Waals surface area contributed by atoms with Gasteiger partial charge < -0.3 is 10.2 Å². The number of aryl methyl sites for hydroxylation is 1. The van der Waals surface area contributed by atoms with E-state index in [0.717, 1.165) is 30.8 Å². The number of rotatable bonds is 4. The molecule has 5 heteroatoms. The number of nitrogens with zero attached hydrogens (tertiary/aromatic N) is 1. The summed E-state index contributed by atoms with van der Waals surface area (Å²) in [4.78, 5) is 2.82. The van der Waals surface area contributed by atoms with Gasteiger partial charge in [0.25, 0.3) is 0 Å². The average molecular weight is 407 g/mol. The van der Waals surface area contributed by atoms with E-state index in [1.807, 2.05) is 24.3 Å². The fraction of sp³-hybridized carbons (Fsp3) is 0.250. The SMILES string of the molecule is Cc1ccccc1N1CCNCC1c1cccc(-c2ccccc2S(C)(=O)=O)c1. The number of anilines is 1. The highest BCUT2D eigenvalue weighted by Crippen LogP contribution is 2.34. The normalized spacial score (nSPS) is 17.3. The van der Waals surface area contributed by atoms with E-state index in [1.54, 1.807) is 12.1 Å². The first-order valence-corrected chi connectivity index (χ1v) is 11.8. The Bertz CT molecular complexity index is 1120. The van der Waals surface area contributed by atoms with Gasteiger partial charge in [0.1, 0.15) is 0 Å². The lowest BCUT2D eigenvalue weighted by molar-refractivity contribution is 0.489. The van der Waals surface area contributed by atoms with Crippen LogP contribution in [0.4, 0.5) is 5.69 Å². The standard InChI is InChI=1S/C24H26N2O2S/c1-18-8-3-5-12-22(18)26-15-14-25-17-23(26)20-10-7-9-19(16-20)21-11-4-6-13-24(21)29(2,27)28/h3-13,16,23,25H,14-15,17H2,1-2H3. The van der Waals surface area contributed by atoms with E-state index in [-0.39, 0.29) is 6.04 Å². The van der Waals surface area contributed by atoms with Crippen molar-refractivity contribution in [2.24, 2.45) is 0 Å². The Kier molecular flexibility index (Phi) is 5.43. The molecule has 29 heavy (non-hydrogen) atoms. The van der Waals surface area contributed by atoms with Gasteiger partial charge in [-0.15, -0.1) is 0 Å². The van der Waals surface area contributed by atoms with Gasteiger partial charge in [-0.3, -0.25) is 0 Å². The van der Waals surface area contributed by atoms with Gasteiger partial charge in [-0.1, -0.05) is 54.6 Å². The molecule has 0 aromatic heterocycles. The minimum Gasteiger partial charge on any atom is -0.362 e. The van der Waals surface area contributed by atoms with Crippen molar-refractivity contribution in [3.63, 3.8) is 0 Å². The average Bonchev–Trinajstić information content (AvgIpc) is 2.74. The van der Waals surface area contributed by atoms with Crippen LogP contribution < -0.4 is 10.2 Å². The van der Waals surface area contributed by atoms with Crippen LogP contribution in [0.15, 0.2) is 77.7 Å². The predicted molar refractivity (Wildman–Crippen MR) is 119 cm³/mol. The summed E-state index contributed by atoms with van der Waals surface area (Å²) in [5.41, 5.74) is 5.38. The second-order valence-electron chi connectivity index (χ2n) is 7.59. The Morgan fingerprint density at radius 2 is 1.72 bits per heavy atom. The lowest BCUT2D eigenvalue weighted by atomic mass is 9.96. The molecule has 1 N–H and O–H groups in total. The van der Waals surface area contributed by atoms with Crippen LogP contribution in [-0.2, 0) is 9.84 Å². The quantitative estimate of drug-likeness (QED) is 0.705. The van der Waals surface area contributed by atoms with Crippen LogP contribution >= 0.6 is 0 Å². The zero-order valence-electron chi connectivity index (χ0n) is 16.8. The van der Waals surface area contributed by atoms with E-state index in [2.05, 4.69) is 53.5 Å². The minimum atomic E-state index is -3.30. The van der Waals surface area contributed by atoms with Gasteiger partial charge in [0.2, 0.25) is 0 Å². The second kappa shape index (κ2) is 8.01. The van der Waals surface area contributed by atoms with E-state index in [0.29, 0.717) is 4.90 Å². The number of nitrogens with one attached hydrogen (secondary N) is 1. The number of hydrogen-bond donors (Lipinski definition) is 1. The third-order valence-corrected chi connectivity index (χ3v) is 6.69. The summed E-state index contributed by atoms with van der Waals surface area (Å²) in [5, 5.41) is 3.51. The molecule has 150 valence electrons. The van der Waals surface area contributed by atoms with E-state index in [1.165, 1.54) is 23.1 Å². The summed E-state index contributed by atoms with van der Waals surface area (Å²) < 4.78 is 24.5. The number of sulfone groups is 1. The maximum Gasteiger partial charge on any atom is 0.176 e. The molecule has 3 aromatic carbocycles. The zero-order valence-corrected chi connectivity index (χ0v) is 17.6. The van der Waals surface area contributed by atoms with E-state index in [4.69, 9.17) is 0 Å². The second-order valence-corrected chi connectivity index (χ2v) is 9.58. The molecule has 4 rings (SSSR count). The van der Waals surface area contributed by atoms with Gasteiger partial charge in [-0.25, -0.2) is 8.42 Å². The maximum absolute atomic E-state index is 12.3. The Hall–Kier alpha value is -2.63. The Morgan fingerprint density at radius 1 is 0.966 bits per heavy atom. The first kappa shape index (κ1) is 19.7. The summed E-state index contributed by atoms with van der Waals surface area (Å²) >= 11 is 0. The topological polar surface area (TPSA) is 49.4 Å². The van der Waals surface area contributed by atoms with Crippen LogP contribution in [0.1, 0.15) is 17.2 Å². The Labute approximate surface area is 173 Å². The molecule has 1 heterocycles. The van der Waals surface area contributed by atoms with Crippen molar-refractivity contribution >= 4 is 15.5 Å². The molecule has 3 aromatic rings. The molecule has 0 bridgehead atoms. The van der Waals surface area contributed by atoms with Crippen LogP contribution in [0.25, 0.3) is 11.1 Å². The van der Waals surface area contributed by atoms with Crippen molar-refractivity contribution in [2.75, 3.05) is 30.8 Å². The third kappa shape index (κ3) is 4.07. The van der Waals surface area contributed by atoms with Gasteiger partial charge in [0.15, 0.2) is 9.84 Å². The van der Waals surface area contributed by atoms with Crippen molar-refractivity contribution in [2.45, 2.75) is 17.9 Å². The smallest absolute Gasteiger partial charge is 0.176 e. The van der Waals surface area contributed by atoms with E-state index in [9.17, 15) is 8.42 Å². The number of hydrogen-bond acceptors (Lipinski definition) is 4. The molecule has 0 spiro atoms. The Balaban J connectivity index is 1.77. The molecule has 1 aliphatic rings. The minimum absolute atomic E-state index is 0.190. The van der Waals surface area contributed by atoms with Crippen LogP contribution in [-0.4, -0.2) is 34.3 Å².